The Morgan fingerprint density at radius 1 is 1.12 bits per heavy atom. The summed E-state index contributed by atoms with van der Waals surface area (Å²) in [6.07, 6.45) is 1.80. The van der Waals surface area contributed by atoms with Gasteiger partial charge in [-0.15, -0.1) is 0 Å². The molecule has 0 unspecified atom stereocenters. The van der Waals surface area contributed by atoms with Crippen molar-refractivity contribution < 1.29 is 13.2 Å². The van der Waals surface area contributed by atoms with E-state index in [4.69, 9.17) is 4.74 Å². The molecule has 6 heteroatoms. The molecule has 1 N–H and O–H groups in total. The molecule has 1 aliphatic heterocycles. The molecule has 25 heavy (non-hydrogen) atoms. The first-order valence-corrected chi connectivity index (χ1v) is 10.3. The average molecular weight is 362 g/mol. The van der Waals surface area contributed by atoms with E-state index in [1.54, 1.807) is 16.4 Å². The lowest BCUT2D eigenvalue weighted by atomic mass is 9.98. The van der Waals surface area contributed by atoms with E-state index in [0.29, 0.717) is 30.5 Å². The van der Waals surface area contributed by atoms with Crippen LogP contribution in [0.5, 0.6) is 5.75 Å². The van der Waals surface area contributed by atoms with Gasteiger partial charge in [0.25, 0.3) is 0 Å². The molecule has 0 spiro atoms. The lowest BCUT2D eigenvalue weighted by Crippen LogP contribution is -2.40. The van der Waals surface area contributed by atoms with Crippen molar-refractivity contribution in [3.8, 4) is 5.75 Å². The van der Waals surface area contributed by atoms with Crippen LogP contribution in [0.3, 0.4) is 0 Å². The second-order valence-corrected chi connectivity index (χ2v) is 8.35. The van der Waals surface area contributed by atoms with Crippen molar-refractivity contribution in [2.24, 2.45) is 5.92 Å². The van der Waals surface area contributed by atoms with E-state index < -0.39 is 10.0 Å². The van der Waals surface area contributed by atoms with Gasteiger partial charge in [-0.1, -0.05) is 24.3 Å². The van der Waals surface area contributed by atoms with Gasteiger partial charge in [0, 0.05) is 23.9 Å². The van der Waals surface area contributed by atoms with E-state index in [1.165, 1.54) is 0 Å². The summed E-state index contributed by atoms with van der Waals surface area (Å²) < 4.78 is 33.7. The highest BCUT2D eigenvalue weighted by Gasteiger charge is 2.30. The number of piperidine rings is 1. The van der Waals surface area contributed by atoms with Crippen molar-refractivity contribution in [1.82, 2.24) is 9.62 Å². The molecule has 1 saturated heterocycles. The van der Waals surface area contributed by atoms with Gasteiger partial charge >= 0.3 is 0 Å². The monoisotopic (exact) mass is 362 g/mol. The Bertz CT molecular complexity index is 828. The number of sulfonamides is 1. The fourth-order valence-electron chi connectivity index (χ4n) is 3.53. The maximum Gasteiger partial charge on any atom is 0.243 e. The Hall–Kier alpha value is -1.63. The zero-order valence-corrected chi connectivity index (χ0v) is 15.7. The van der Waals surface area contributed by atoms with Crippen LogP contribution in [0.2, 0.25) is 0 Å². The molecule has 0 aliphatic carbocycles. The van der Waals surface area contributed by atoms with E-state index in [1.807, 2.05) is 38.2 Å². The minimum atomic E-state index is -3.50. The first kappa shape index (κ1) is 18.2. The van der Waals surface area contributed by atoms with E-state index in [0.717, 1.165) is 35.9 Å². The molecule has 1 aliphatic rings. The van der Waals surface area contributed by atoms with Crippen LogP contribution in [-0.4, -0.2) is 46.0 Å². The predicted octanol–water partition coefficient (Wildman–Crippen LogP) is 2.86. The first-order valence-electron chi connectivity index (χ1n) is 8.87. The van der Waals surface area contributed by atoms with E-state index in [2.05, 4.69) is 5.32 Å². The molecule has 2 aromatic rings. The molecule has 0 bridgehead atoms. The zero-order valence-electron chi connectivity index (χ0n) is 14.9. The van der Waals surface area contributed by atoms with Crippen molar-refractivity contribution in [3.63, 3.8) is 0 Å². The molecule has 0 amide bonds. The van der Waals surface area contributed by atoms with Gasteiger partial charge in [-0.3, -0.25) is 0 Å². The van der Waals surface area contributed by atoms with Crippen molar-refractivity contribution in [3.05, 3.63) is 36.4 Å². The molecule has 1 fully saturated rings. The quantitative estimate of drug-likeness (QED) is 0.858. The van der Waals surface area contributed by atoms with Gasteiger partial charge in [-0.2, -0.15) is 4.31 Å². The summed E-state index contributed by atoms with van der Waals surface area (Å²) in [5.74, 6) is 1.28. The third kappa shape index (κ3) is 3.66. The molecule has 136 valence electrons. The number of nitrogens with one attached hydrogen (secondary N) is 1. The van der Waals surface area contributed by atoms with Crippen LogP contribution in [0.1, 0.15) is 19.8 Å². The van der Waals surface area contributed by atoms with Gasteiger partial charge in [-0.25, -0.2) is 8.42 Å². The van der Waals surface area contributed by atoms with Crippen molar-refractivity contribution in [1.29, 1.82) is 0 Å². The number of benzene rings is 2. The lowest BCUT2D eigenvalue weighted by molar-refractivity contribution is 0.271. The highest BCUT2D eigenvalue weighted by molar-refractivity contribution is 7.89. The summed E-state index contributed by atoms with van der Waals surface area (Å²) >= 11 is 0. The number of hydrogen-bond donors (Lipinski definition) is 1. The van der Waals surface area contributed by atoms with Crippen LogP contribution in [0.15, 0.2) is 41.3 Å². The maximum absolute atomic E-state index is 13.2. The van der Waals surface area contributed by atoms with Gasteiger partial charge in [0.1, 0.15) is 5.75 Å². The normalized spacial score (nSPS) is 17.0. The molecule has 0 radical (unpaired) electrons. The Labute approximate surface area is 150 Å². The largest absolute Gasteiger partial charge is 0.493 e. The third-order valence-electron chi connectivity index (χ3n) is 4.83. The summed E-state index contributed by atoms with van der Waals surface area (Å²) in [5.41, 5.74) is 0. The zero-order chi connectivity index (χ0) is 17.9. The number of fused-ring (bicyclic) bond motifs is 1. The van der Waals surface area contributed by atoms with Crippen LogP contribution in [0.25, 0.3) is 10.8 Å². The molecule has 3 rings (SSSR count). The summed E-state index contributed by atoms with van der Waals surface area (Å²) in [6.45, 7) is 4.58. The Morgan fingerprint density at radius 3 is 2.44 bits per heavy atom. The summed E-state index contributed by atoms with van der Waals surface area (Å²) in [7, 11) is -1.56. The first-order chi connectivity index (χ1) is 12.1. The van der Waals surface area contributed by atoms with Crippen molar-refractivity contribution in [2.75, 3.05) is 33.3 Å². The van der Waals surface area contributed by atoms with Crippen LogP contribution < -0.4 is 10.1 Å². The van der Waals surface area contributed by atoms with Crippen molar-refractivity contribution >= 4 is 20.8 Å². The minimum absolute atomic E-state index is 0.374. The van der Waals surface area contributed by atoms with Crippen LogP contribution in [0.4, 0.5) is 0 Å². The van der Waals surface area contributed by atoms with E-state index in [9.17, 15) is 8.42 Å². The summed E-state index contributed by atoms with van der Waals surface area (Å²) in [5, 5.41) is 4.75. The Kier molecular flexibility index (Phi) is 5.61. The van der Waals surface area contributed by atoms with Crippen molar-refractivity contribution in [2.45, 2.75) is 24.7 Å². The molecule has 1 heterocycles. The highest BCUT2D eigenvalue weighted by atomic mass is 32.2. The average Bonchev–Trinajstić information content (AvgIpc) is 2.63. The second-order valence-electron chi connectivity index (χ2n) is 6.45. The number of nitrogens with zero attached hydrogens (tertiary/aromatic N) is 1. The van der Waals surface area contributed by atoms with E-state index >= 15 is 0 Å². The van der Waals surface area contributed by atoms with Crippen LogP contribution in [0, 0.1) is 5.92 Å². The van der Waals surface area contributed by atoms with E-state index in [-0.39, 0.29) is 0 Å². The standard InChI is InChI=1S/C19H26N2O3S/c1-3-24-18-8-9-19(17-7-5-4-6-16(17)18)25(22,23)21-12-10-15(11-13-21)14-20-2/h4-9,15,20H,3,10-14H2,1-2H3. The predicted molar refractivity (Wildman–Crippen MR) is 101 cm³/mol. The Morgan fingerprint density at radius 2 is 1.80 bits per heavy atom. The maximum atomic E-state index is 13.2. The molecular weight excluding hydrogens is 336 g/mol. The lowest BCUT2D eigenvalue weighted by Gasteiger charge is -2.31. The smallest absolute Gasteiger partial charge is 0.243 e. The van der Waals surface area contributed by atoms with Crippen LogP contribution >= 0.6 is 0 Å². The molecule has 2 aromatic carbocycles. The SMILES string of the molecule is CCOc1ccc(S(=O)(=O)N2CCC(CNC)CC2)c2ccccc12. The molecule has 0 aromatic heterocycles. The molecular formula is C19H26N2O3S. The van der Waals surface area contributed by atoms with Gasteiger partial charge in [-0.05, 0) is 51.4 Å². The van der Waals surface area contributed by atoms with Gasteiger partial charge in [0.2, 0.25) is 10.0 Å². The molecule has 5 nitrogen and oxygen atoms in total. The second kappa shape index (κ2) is 7.72. The van der Waals surface area contributed by atoms with Gasteiger partial charge in [0.05, 0.1) is 11.5 Å². The molecule has 0 atom stereocenters. The third-order valence-corrected chi connectivity index (χ3v) is 6.78. The fourth-order valence-corrected chi connectivity index (χ4v) is 5.20. The molecule has 0 saturated carbocycles. The number of ether oxygens (including phenoxy) is 1. The van der Waals surface area contributed by atoms with Gasteiger partial charge < -0.3 is 10.1 Å². The highest BCUT2D eigenvalue weighted by Crippen LogP contribution is 2.33. The number of hydrogen-bond acceptors (Lipinski definition) is 4. The Balaban J connectivity index is 1.94. The number of rotatable bonds is 6. The summed E-state index contributed by atoms with van der Waals surface area (Å²) in [4.78, 5) is 0.374. The van der Waals surface area contributed by atoms with Gasteiger partial charge in [0.15, 0.2) is 0 Å². The van der Waals surface area contributed by atoms with Crippen LogP contribution in [-0.2, 0) is 10.0 Å². The fraction of sp³-hybridized carbons (Fsp3) is 0.474. The summed E-state index contributed by atoms with van der Waals surface area (Å²) in [6, 6.07) is 11.0. The minimum Gasteiger partial charge on any atom is -0.493 e. The topological polar surface area (TPSA) is 58.6 Å².